The minimum Gasteiger partial charge on any atom is -0.493 e. The van der Waals surface area contributed by atoms with Gasteiger partial charge in [0, 0.05) is 12.1 Å². The van der Waals surface area contributed by atoms with Crippen molar-refractivity contribution in [3.8, 4) is 34.8 Å². The summed E-state index contributed by atoms with van der Waals surface area (Å²) in [6, 6.07) is 11.3. The van der Waals surface area contributed by atoms with Gasteiger partial charge in [0.2, 0.25) is 5.75 Å². The molecule has 0 atom stereocenters. The van der Waals surface area contributed by atoms with Crippen molar-refractivity contribution in [2.75, 3.05) is 42.1 Å². The van der Waals surface area contributed by atoms with E-state index >= 15 is 0 Å². The Morgan fingerprint density at radius 3 is 2.06 bits per heavy atom. The summed E-state index contributed by atoms with van der Waals surface area (Å²) in [5, 5.41) is 9.94. The molecule has 0 aliphatic heterocycles. The zero-order valence-corrected chi connectivity index (χ0v) is 19.8. The summed E-state index contributed by atoms with van der Waals surface area (Å²) in [6.45, 7) is 4.24. The van der Waals surface area contributed by atoms with Crippen LogP contribution in [0.4, 0.5) is 0 Å². The van der Waals surface area contributed by atoms with E-state index in [1.165, 1.54) is 0 Å². The molecule has 0 spiro atoms. The maximum absolute atomic E-state index is 9.94. The van der Waals surface area contributed by atoms with Gasteiger partial charge in [-0.05, 0) is 54.3 Å². The second-order valence-electron chi connectivity index (χ2n) is 6.86. The molecule has 0 heterocycles. The van der Waals surface area contributed by atoms with Crippen LogP contribution in [-0.2, 0) is 0 Å². The molecule has 2 aromatic carbocycles. The number of ether oxygens (including phenoxy) is 5. The summed E-state index contributed by atoms with van der Waals surface area (Å²) in [6.07, 6.45) is 5.33. The molecule has 33 heavy (non-hydrogen) atoms. The fourth-order valence-electron chi connectivity index (χ4n) is 3.25. The quantitative estimate of drug-likeness (QED) is 0.191. The highest BCUT2D eigenvalue weighted by Crippen LogP contribution is 2.39. The Morgan fingerprint density at radius 2 is 1.55 bits per heavy atom. The summed E-state index contributed by atoms with van der Waals surface area (Å²) in [4.78, 5) is 4.55. The van der Waals surface area contributed by atoms with Crippen molar-refractivity contribution >= 4 is 17.4 Å². The fourth-order valence-corrected chi connectivity index (χ4v) is 3.25. The van der Waals surface area contributed by atoms with Gasteiger partial charge < -0.3 is 23.7 Å². The van der Waals surface area contributed by atoms with Gasteiger partial charge in [-0.2, -0.15) is 5.26 Å². The summed E-state index contributed by atoms with van der Waals surface area (Å²) in [5.41, 5.74) is 2.44. The van der Waals surface area contributed by atoms with Crippen molar-refractivity contribution in [2.45, 2.75) is 12.8 Å². The number of hydrogen-bond donors (Lipinski definition) is 0. The van der Waals surface area contributed by atoms with Gasteiger partial charge in [0.25, 0.3) is 0 Å². The molecule has 0 radical (unpaired) electrons. The number of nitrogens with zero attached hydrogens (tertiary/aromatic N) is 2. The topological polar surface area (TPSA) is 82.3 Å². The number of benzene rings is 2. The molecule has 0 aliphatic rings. The lowest BCUT2D eigenvalue weighted by Gasteiger charge is -2.14. The lowest BCUT2D eigenvalue weighted by atomic mass is 9.97. The smallest absolute Gasteiger partial charge is 0.203 e. The Morgan fingerprint density at radius 1 is 0.909 bits per heavy atom. The van der Waals surface area contributed by atoms with E-state index in [0.717, 1.165) is 24.0 Å². The van der Waals surface area contributed by atoms with E-state index in [2.05, 4.69) is 17.6 Å². The van der Waals surface area contributed by atoms with Gasteiger partial charge in [0.1, 0.15) is 11.8 Å². The first-order chi connectivity index (χ1) is 16.1. The van der Waals surface area contributed by atoms with Crippen LogP contribution >= 0.6 is 0 Å². The van der Waals surface area contributed by atoms with Crippen molar-refractivity contribution in [1.29, 1.82) is 5.26 Å². The van der Waals surface area contributed by atoms with E-state index < -0.39 is 0 Å². The normalized spacial score (nSPS) is 11.4. The SMILES string of the molecule is C=CCCCN=C(C#N)/C(=C/c1cc(OC)c(OC)c(OC)c1)c1ccc(OC)c(OC)c1. The summed E-state index contributed by atoms with van der Waals surface area (Å²) < 4.78 is 27.2. The van der Waals surface area contributed by atoms with Crippen LogP contribution < -0.4 is 23.7 Å². The standard InChI is InChI=1S/C26H30N2O5/c1-7-8-9-12-28-21(17-27)20(19-10-11-22(29-2)23(16-19)30-3)13-18-14-24(31-4)26(33-6)25(15-18)32-5/h7,10-11,13-16H,1,8-9,12H2,2-6H3/b20-13+,28-21?. The van der Waals surface area contributed by atoms with Crippen molar-refractivity contribution in [3.05, 3.63) is 54.1 Å². The fraction of sp³-hybridized carbons (Fsp3) is 0.308. The van der Waals surface area contributed by atoms with E-state index in [1.807, 2.05) is 36.4 Å². The van der Waals surface area contributed by atoms with E-state index in [9.17, 15) is 5.26 Å². The number of aliphatic imine (C=N–C) groups is 1. The zero-order valence-electron chi connectivity index (χ0n) is 19.8. The Labute approximate surface area is 195 Å². The minimum absolute atomic E-state index is 0.306. The molecule has 0 N–H and O–H groups in total. The van der Waals surface area contributed by atoms with Crippen LogP contribution in [-0.4, -0.2) is 47.8 Å². The molecule has 0 saturated heterocycles. The maximum atomic E-state index is 9.94. The van der Waals surface area contributed by atoms with Crippen LogP contribution in [0.15, 0.2) is 48.0 Å². The predicted molar refractivity (Wildman–Crippen MR) is 131 cm³/mol. The summed E-state index contributed by atoms with van der Waals surface area (Å²) in [7, 11) is 7.81. The monoisotopic (exact) mass is 450 g/mol. The third-order valence-electron chi connectivity index (χ3n) is 4.89. The number of methoxy groups -OCH3 is 5. The highest BCUT2D eigenvalue weighted by molar-refractivity contribution is 6.34. The van der Waals surface area contributed by atoms with Crippen LogP contribution in [0.25, 0.3) is 11.6 Å². The second kappa shape index (κ2) is 12.8. The molecule has 0 unspecified atom stereocenters. The van der Waals surface area contributed by atoms with Crippen LogP contribution in [0.3, 0.4) is 0 Å². The minimum atomic E-state index is 0.306. The Balaban J connectivity index is 2.71. The van der Waals surface area contributed by atoms with Crippen molar-refractivity contribution in [1.82, 2.24) is 0 Å². The van der Waals surface area contributed by atoms with Gasteiger partial charge in [-0.25, -0.2) is 0 Å². The molecular formula is C26H30N2O5. The first-order valence-corrected chi connectivity index (χ1v) is 10.4. The molecule has 0 saturated carbocycles. The van der Waals surface area contributed by atoms with Crippen LogP contribution in [0.2, 0.25) is 0 Å². The lowest BCUT2D eigenvalue weighted by molar-refractivity contribution is 0.324. The van der Waals surface area contributed by atoms with Gasteiger partial charge >= 0.3 is 0 Å². The third kappa shape index (κ3) is 6.30. The Bertz CT molecular complexity index is 1040. The molecule has 2 aromatic rings. The van der Waals surface area contributed by atoms with Gasteiger partial charge in [-0.3, -0.25) is 4.99 Å². The number of nitriles is 1. The summed E-state index contributed by atoms with van der Waals surface area (Å²) >= 11 is 0. The number of rotatable bonds is 12. The molecule has 0 fully saturated rings. The van der Waals surface area contributed by atoms with Gasteiger partial charge in [-0.1, -0.05) is 12.1 Å². The zero-order chi connectivity index (χ0) is 24.2. The van der Waals surface area contributed by atoms with E-state index in [4.69, 9.17) is 23.7 Å². The van der Waals surface area contributed by atoms with Gasteiger partial charge in [-0.15, -0.1) is 6.58 Å². The Kier molecular flexibility index (Phi) is 9.84. The summed E-state index contributed by atoms with van der Waals surface area (Å²) in [5.74, 6) is 2.65. The number of unbranched alkanes of at least 4 members (excludes halogenated alkanes) is 1. The van der Waals surface area contributed by atoms with Crippen molar-refractivity contribution in [3.63, 3.8) is 0 Å². The molecule has 2 rings (SSSR count). The number of allylic oxidation sites excluding steroid dienone is 2. The van der Waals surface area contributed by atoms with E-state index in [0.29, 0.717) is 46.6 Å². The molecular weight excluding hydrogens is 420 g/mol. The molecule has 0 aliphatic carbocycles. The van der Waals surface area contributed by atoms with Crippen molar-refractivity contribution < 1.29 is 23.7 Å². The molecule has 0 aromatic heterocycles. The van der Waals surface area contributed by atoms with Gasteiger partial charge in [0.15, 0.2) is 23.0 Å². The predicted octanol–water partition coefficient (Wildman–Crippen LogP) is 5.20. The average Bonchev–Trinajstić information content (AvgIpc) is 2.86. The number of hydrogen-bond acceptors (Lipinski definition) is 7. The van der Waals surface area contributed by atoms with Crippen molar-refractivity contribution in [2.24, 2.45) is 4.99 Å². The molecule has 0 bridgehead atoms. The largest absolute Gasteiger partial charge is 0.493 e. The van der Waals surface area contributed by atoms with E-state index in [-0.39, 0.29) is 0 Å². The third-order valence-corrected chi connectivity index (χ3v) is 4.89. The maximum Gasteiger partial charge on any atom is 0.203 e. The first kappa shape index (κ1) is 25.3. The molecule has 174 valence electrons. The van der Waals surface area contributed by atoms with Crippen LogP contribution in [0, 0.1) is 11.3 Å². The second-order valence-corrected chi connectivity index (χ2v) is 6.86. The highest BCUT2D eigenvalue weighted by atomic mass is 16.5. The van der Waals surface area contributed by atoms with Gasteiger partial charge in [0.05, 0.1) is 35.5 Å². The van der Waals surface area contributed by atoms with Crippen LogP contribution in [0.5, 0.6) is 28.7 Å². The lowest BCUT2D eigenvalue weighted by Crippen LogP contribution is -2.03. The average molecular weight is 451 g/mol. The molecule has 7 heteroatoms. The van der Waals surface area contributed by atoms with Crippen LogP contribution in [0.1, 0.15) is 24.0 Å². The van der Waals surface area contributed by atoms with E-state index in [1.54, 1.807) is 41.6 Å². The molecule has 7 nitrogen and oxygen atoms in total. The Hall–Kier alpha value is -3.92. The highest BCUT2D eigenvalue weighted by Gasteiger charge is 2.16. The first-order valence-electron chi connectivity index (χ1n) is 10.4. The molecule has 0 amide bonds.